The van der Waals surface area contributed by atoms with Crippen molar-refractivity contribution < 1.29 is 14.2 Å². The number of nitrogens with one attached hydrogen (secondary N) is 1. The summed E-state index contributed by atoms with van der Waals surface area (Å²) in [6.07, 6.45) is 1.10. The summed E-state index contributed by atoms with van der Waals surface area (Å²) >= 11 is 0. The van der Waals surface area contributed by atoms with Crippen LogP contribution in [0, 0.1) is 0 Å². The van der Waals surface area contributed by atoms with Crippen molar-refractivity contribution in [3.63, 3.8) is 0 Å². The topological polar surface area (TPSA) is 117 Å². The molecule has 9 nitrogen and oxygen atoms in total. The van der Waals surface area contributed by atoms with Gasteiger partial charge in [0.1, 0.15) is 37.5 Å². The number of hydrogen-bond acceptors (Lipinski definition) is 7. The monoisotopic (exact) mass is 407 g/mol. The van der Waals surface area contributed by atoms with E-state index in [9.17, 15) is 4.79 Å². The van der Waals surface area contributed by atoms with Crippen LogP contribution in [0.1, 0.15) is 0 Å². The highest BCUT2D eigenvalue weighted by molar-refractivity contribution is 5.70. The fourth-order valence-corrected chi connectivity index (χ4v) is 2.81. The molecule has 0 aliphatic heterocycles. The molecule has 4 rings (SSSR count). The fourth-order valence-electron chi connectivity index (χ4n) is 2.81. The zero-order valence-corrected chi connectivity index (χ0v) is 16.1. The zero-order valence-electron chi connectivity index (χ0n) is 16.1. The fraction of sp³-hybridized carbons (Fsp3) is 0.190. The van der Waals surface area contributed by atoms with Crippen LogP contribution in [0.15, 0.2) is 71.8 Å². The number of hydrogen-bond donors (Lipinski definition) is 2. The van der Waals surface area contributed by atoms with Gasteiger partial charge in [0.2, 0.25) is 5.95 Å². The number of imidazole rings is 1. The van der Waals surface area contributed by atoms with Crippen LogP contribution in [-0.4, -0.2) is 38.8 Å². The zero-order chi connectivity index (χ0) is 20.8. The Labute approximate surface area is 172 Å². The molecule has 2 heterocycles. The maximum Gasteiger partial charge on any atom is 0.280 e. The van der Waals surface area contributed by atoms with Crippen LogP contribution in [-0.2, 0) is 11.5 Å². The number of aromatic nitrogens is 4. The highest BCUT2D eigenvalue weighted by Gasteiger charge is 2.15. The highest BCUT2D eigenvalue weighted by Crippen LogP contribution is 2.13. The van der Waals surface area contributed by atoms with Crippen LogP contribution >= 0.6 is 0 Å². The third-order valence-corrected chi connectivity index (χ3v) is 4.30. The quantitative estimate of drug-likeness (QED) is 0.437. The molecule has 0 spiro atoms. The first kappa shape index (κ1) is 19.5. The average Bonchev–Trinajstić information content (AvgIpc) is 3.18. The van der Waals surface area contributed by atoms with Gasteiger partial charge in [0.15, 0.2) is 11.2 Å². The van der Waals surface area contributed by atoms with E-state index in [1.54, 1.807) is 4.57 Å². The smallest absolute Gasteiger partial charge is 0.280 e. The van der Waals surface area contributed by atoms with Gasteiger partial charge in [-0.2, -0.15) is 4.98 Å². The molecule has 0 aliphatic carbocycles. The number of nitrogens with two attached hydrogens (primary N) is 1. The van der Waals surface area contributed by atoms with Crippen LogP contribution in [0.4, 0.5) is 5.95 Å². The summed E-state index contributed by atoms with van der Waals surface area (Å²) in [6, 6.07) is 18.9. The molecule has 154 valence electrons. The lowest BCUT2D eigenvalue weighted by molar-refractivity contribution is -0.0385. The minimum atomic E-state index is -0.396. The second-order valence-electron chi connectivity index (χ2n) is 6.50. The van der Waals surface area contributed by atoms with Gasteiger partial charge in [0.25, 0.3) is 5.56 Å². The first-order chi connectivity index (χ1) is 14.7. The first-order valence-electron chi connectivity index (χ1n) is 9.37. The Kier molecular flexibility index (Phi) is 5.90. The number of nitrogen functional groups attached to an aromatic ring is 1. The minimum absolute atomic E-state index is 0.0191. The second-order valence-corrected chi connectivity index (χ2v) is 6.50. The minimum Gasteiger partial charge on any atom is -0.491 e. The van der Waals surface area contributed by atoms with Gasteiger partial charge in [-0.3, -0.25) is 14.3 Å². The maximum atomic E-state index is 11.9. The molecule has 9 heteroatoms. The van der Waals surface area contributed by atoms with Crippen molar-refractivity contribution in [1.82, 2.24) is 19.5 Å². The molecule has 0 unspecified atom stereocenters. The van der Waals surface area contributed by atoms with Crippen LogP contribution in [0.2, 0.25) is 0 Å². The van der Waals surface area contributed by atoms with Gasteiger partial charge in [0.05, 0.1) is 6.33 Å². The van der Waals surface area contributed by atoms with Gasteiger partial charge in [-0.15, -0.1) is 0 Å². The Hall–Kier alpha value is -3.85. The number of nitrogens with zero attached hydrogens (tertiary/aromatic N) is 3. The standard InChI is InChI=1S/C21H21N5O4/c22-21-24-19-18(20(27)25-21)23-13-26(19)14-30-17(11-28-15-7-3-1-4-8-15)12-29-16-9-5-2-6-10-16/h1-10,13,17H,11-12,14H2,(H3,22,24,25,27). The number of aromatic amines is 1. The van der Waals surface area contributed by atoms with Gasteiger partial charge in [-0.05, 0) is 24.3 Å². The molecule has 2 aromatic carbocycles. The van der Waals surface area contributed by atoms with Gasteiger partial charge >= 0.3 is 0 Å². The van der Waals surface area contributed by atoms with Crippen molar-refractivity contribution >= 4 is 17.1 Å². The van der Waals surface area contributed by atoms with E-state index in [2.05, 4.69) is 15.0 Å². The predicted octanol–water partition coefficient (Wildman–Crippen LogP) is 2.20. The number of anilines is 1. The lowest BCUT2D eigenvalue weighted by Crippen LogP contribution is -2.29. The van der Waals surface area contributed by atoms with E-state index < -0.39 is 5.56 Å². The van der Waals surface area contributed by atoms with Gasteiger partial charge in [0, 0.05) is 0 Å². The van der Waals surface area contributed by atoms with Crippen molar-refractivity contribution in [3.05, 3.63) is 77.3 Å². The number of ether oxygens (including phenoxy) is 3. The molecular formula is C21H21N5O4. The Morgan fingerprint density at radius 1 is 0.967 bits per heavy atom. The van der Waals surface area contributed by atoms with Crippen molar-refractivity contribution in [3.8, 4) is 11.5 Å². The summed E-state index contributed by atoms with van der Waals surface area (Å²) in [5.74, 6) is 1.49. The van der Waals surface area contributed by atoms with Crippen LogP contribution in [0.5, 0.6) is 11.5 Å². The number of benzene rings is 2. The van der Waals surface area contributed by atoms with Crippen molar-refractivity contribution in [1.29, 1.82) is 0 Å². The predicted molar refractivity (Wildman–Crippen MR) is 111 cm³/mol. The van der Waals surface area contributed by atoms with Crippen LogP contribution in [0.3, 0.4) is 0 Å². The second kappa shape index (κ2) is 9.10. The van der Waals surface area contributed by atoms with E-state index in [4.69, 9.17) is 19.9 Å². The van der Waals surface area contributed by atoms with E-state index in [-0.39, 0.29) is 37.5 Å². The van der Waals surface area contributed by atoms with Gasteiger partial charge in [-0.1, -0.05) is 36.4 Å². The molecule has 0 amide bonds. The molecule has 2 aromatic heterocycles. The molecular weight excluding hydrogens is 386 g/mol. The number of H-pyrrole nitrogens is 1. The Morgan fingerprint density at radius 3 is 2.17 bits per heavy atom. The summed E-state index contributed by atoms with van der Waals surface area (Å²) in [5.41, 5.74) is 5.80. The normalized spacial score (nSPS) is 11.1. The molecule has 30 heavy (non-hydrogen) atoms. The van der Waals surface area contributed by atoms with E-state index in [0.717, 1.165) is 11.5 Å². The number of rotatable bonds is 9. The summed E-state index contributed by atoms with van der Waals surface area (Å²) in [5, 5.41) is 0. The Bertz CT molecular complexity index is 1100. The SMILES string of the molecule is Nc1nc2c(ncn2COC(COc2ccccc2)COc2ccccc2)c(=O)[nH]1. The van der Waals surface area contributed by atoms with Crippen LogP contribution < -0.4 is 20.8 Å². The molecule has 0 atom stereocenters. The maximum absolute atomic E-state index is 11.9. The summed E-state index contributed by atoms with van der Waals surface area (Å²) in [6.45, 7) is 0.659. The molecule has 0 radical (unpaired) electrons. The molecule has 0 fully saturated rings. The molecule has 3 N–H and O–H groups in total. The average molecular weight is 407 g/mol. The number of fused-ring (bicyclic) bond motifs is 1. The molecule has 0 saturated carbocycles. The Balaban J connectivity index is 1.45. The van der Waals surface area contributed by atoms with E-state index in [1.807, 2.05) is 60.7 Å². The molecule has 4 aromatic rings. The summed E-state index contributed by atoms with van der Waals surface area (Å²) < 4.78 is 19.3. The number of para-hydroxylation sites is 2. The molecule has 0 aliphatic rings. The largest absolute Gasteiger partial charge is 0.491 e. The Morgan fingerprint density at radius 2 is 1.57 bits per heavy atom. The van der Waals surface area contributed by atoms with Crippen molar-refractivity contribution in [2.75, 3.05) is 18.9 Å². The van der Waals surface area contributed by atoms with Gasteiger partial charge < -0.3 is 19.9 Å². The van der Waals surface area contributed by atoms with Gasteiger partial charge in [-0.25, -0.2) is 4.98 Å². The molecule has 0 saturated heterocycles. The first-order valence-corrected chi connectivity index (χ1v) is 9.37. The summed E-state index contributed by atoms with van der Waals surface area (Å²) in [4.78, 5) is 22.6. The van der Waals surface area contributed by atoms with E-state index in [0.29, 0.717) is 5.65 Å². The highest BCUT2D eigenvalue weighted by atomic mass is 16.6. The molecule has 0 bridgehead atoms. The van der Waals surface area contributed by atoms with Crippen molar-refractivity contribution in [2.45, 2.75) is 12.8 Å². The third kappa shape index (κ3) is 4.76. The lowest BCUT2D eigenvalue weighted by Gasteiger charge is -2.19. The lowest BCUT2D eigenvalue weighted by atomic mass is 10.3. The van der Waals surface area contributed by atoms with Crippen molar-refractivity contribution in [2.24, 2.45) is 0 Å². The van der Waals surface area contributed by atoms with E-state index >= 15 is 0 Å². The third-order valence-electron chi connectivity index (χ3n) is 4.30. The van der Waals surface area contributed by atoms with Crippen LogP contribution in [0.25, 0.3) is 11.2 Å². The summed E-state index contributed by atoms with van der Waals surface area (Å²) in [7, 11) is 0. The van der Waals surface area contributed by atoms with E-state index in [1.165, 1.54) is 6.33 Å².